The minimum Gasteiger partial charge on any atom is -0.452 e. The quantitative estimate of drug-likeness (QED) is 0.291. The molecule has 1 aliphatic rings. The molecular weight excluding hydrogens is 484 g/mol. The lowest BCUT2D eigenvalue weighted by molar-refractivity contribution is 0.383. The molecule has 1 N–H and O–H groups in total. The zero-order valence-corrected chi connectivity index (χ0v) is 21.1. The molecule has 3 heterocycles. The number of pyridine rings is 1. The molecule has 2 unspecified atom stereocenters. The fourth-order valence-electron chi connectivity index (χ4n) is 4.00. The monoisotopic (exact) mass is 506 g/mol. The fraction of sp³-hybridized carbons (Fsp3) is 0.154. The molecule has 2 atom stereocenters. The third-order valence-corrected chi connectivity index (χ3v) is 7.16. The Labute approximate surface area is 213 Å². The van der Waals surface area contributed by atoms with Crippen molar-refractivity contribution in [3.8, 4) is 0 Å². The number of nitrogens with zero attached hydrogens (tertiary/aromatic N) is 3. The van der Waals surface area contributed by atoms with Crippen LogP contribution in [0.5, 0.6) is 0 Å². The van der Waals surface area contributed by atoms with Gasteiger partial charge in [0, 0.05) is 41.6 Å². The molecule has 4 aromatic rings. The molecule has 8 heteroatoms. The van der Waals surface area contributed by atoms with E-state index in [1.54, 1.807) is 18.0 Å². The second-order valence-corrected chi connectivity index (χ2v) is 10.0. The lowest BCUT2D eigenvalue weighted by Crippen LogP contribution is -2.29. The van der Waals surface area contributed by atoms with Crippen molar-refractivity contribution in [2.45, 2.75) is 22.1 Å². The fourth-order valence-corrected chi connectivity index (χ4v) is 5.25. The maximum Gasteiger partial charge on any atom is 0.174 e. The average molecular weight is 507 g/mol. The standard InChI is InChI=1S/C26H23ClN4OS2/c1-30(2)18-8-10-19(11-9-18)31-25(24(29-26(31)33)21-5-3-4-16-28-21)22-14-15-23(32-22)34-20-12-6-17(27)7-13-20/h3-16,24-25H,1-2H3,(H,29,33). The summed E-state index contributed by atoms with van der Waals surface area (Å²) in [6.45, 7) is 0. The van der Waals surface area contributed by atoms with Crippen LogP contribution in [-0.2, 0) is 0 Å². The summed E-state index contributed by atoms with van der Waals surface area (Å²) in [5.74, 6) is 0.816. The normalized spacial score (nSPS) is 17.6. The summed E-state index contributed by atoms with van der Waals surface area (Å²) in [6, 6.07) is 25.7. The highest BCUT2D eigenvalue weighted by molar-refractivity contribution is 7.99. The van der Waals surface area contributed by atoms with Crippen LogP contribution in [-0.4, -0.2) is 24.2 Å². The molecule has 5 rings (SSSR count). The molecule has 2 aromatic carbocycles. The van der Waals surface area contributed by atoms with Crippen LogP contribution in [0, 0.1) is 0 Å². The summed E-state index contributed by atoms with van der Waals surface area (Å²) in [5.41, 5.74) is 3.03. The molecule has 34 heavy (non-hydrogen) atoms. The molecule has 5 nitrogen and oxygen atoms in total. The lowest BCUT2D eigenvalue weighted by atomic mass is 10.0. The summed E-state index contributed by atoms with van der Waals surface area (Å²) < 4.78 is 6.37. The third kappa shape index (κ3) is 4.64. The molecule has 1 fully saturated rings. The molecule has 0 spiro atoms. The van der Waals surface area contributed by atoms with Gasteiger partial charge in [0.05, 0.1) is 11.7 Å². The van der Waals surface area contributed by atoms with Crippen LogP contribution in [0.15, 0.2) is 99.5 Å². The van der Waals surface area contributed by atoms with Crippen LogP contribution in [0.2, 0.25) is 5.02 Å². The van der Waals surface area contributed by atoms with Gasteiger partial charge in [-0.3, -0.25) is 4.98 Å². The van der Waals surface area contributed by atoms with Crippen LogP contribution in [0.3, 0.4) is 0 Å². The van der Waals surface area contributed by atoms with E-state index in [0.29, 0.717) is 10.1 Å². The number of thiocarbonyl (C=S) groups is 1. The lowest BCUT2D eigenvalue weighted by Gasteiger charge is -2.26. The smallest absolute Gasteiger partial charge is 0.174 e. The highest BCUT2D eigenvalue weighted by Gasteiger charge is 2.42. The minimum atomic E-state index is -0.188. The van der Waals surface area contributed by atoms with Crippen molar-refractivity contribution in [2.75, 3.05) is 23.9 Å². The SMILES string of the molecule is CN(C)c1ccc(N2C(=S)NC(c3ccccn3)C2c2ccc(Sc3ccc(Cl)cc3)o2)cc1. The van der Waals surface area contributed by atoms with E-state index in [1.807, 2.05) is 68.7 Å². The number of halogens is 1. The van der Waals surface area contributed by atoms with Crippen LogP contribution in [0.25, 0.3) is 0 Å². The molecule has 0 amide bonds. The Morgan fingerprint density at radius 2 is 1.76 bits per heavy atom. The summed E-state index contributed by atoms with van der Waals surface area (Å²) in [5, 5.41) is 5.63. The van der Waals surface area contributed by atoms with Gasteiger partial charge >= 0.3 is 0 Å². The zero-order valence-electron chi connectivity index (χ0n) is 18.7. The van der Waals surface area contributed by atoms with E-state index in [4.69, 9.17) is 28.2 Å². The van der Waals surface area contributed by atoms with Gasteiger partial charge in [-0.2, -0.15) is 0 Å². The van der Waals surface area contributed by atoms with Gasteiger partial charge in [0.15, 0.2) is 10.2 Å². The van der Waals surface area contributed by atoms with Crippen LogP contribution in [0.4, 0.5) is 11.4 Å². The van der Waals surface area contributed by atoms with E-state index in [-0.39, 0.29) is 12.1 Å². The van der Waals surface area contributed by atoms with Crippen molar-refractivity contribution < 1.29 is 4.42 Å². The second kappa shape index (κ2) is 9.70. The Kier molecular flexibility index (Phi) is 6.50. The van der Waals surface area contributed by atoms with Gasteiger partial charge in [-0.15, -0.1) is 0 Å². The molecule has 2 aromatic heterocycles. The Bertz CT molecular complexity index is 1280. The van der Waals surface area contributed by atoms with E-state index < -0.39 is 0 Å². The highest BCUT2D eigenvalue weighted by atomic mass is 35.5. The largest absolute Gasteiger partial charge is 0.452 e. The van der Waals surface area contributed by atoms with Gasteiger partial charge in [-0.1, -0.05) is 29.4 Å². The number of benzene rings is 2. The first-order chi connectivity index (χ1) is 16.5. The molecule has 0 saturated carbocycles. The first kappa shape index (κ1) is 22.8. The molecule has 1 saturated heterocycles. The van der Waals surface area contributed by atoms with Crippen molar-refractivity contribution >= 4 is 52.1 Å². The van der Waals surface area contributed by atoms with Gasteiger partial charge in [0.1, 0.15) is 11.8 Å². The van der Waals surface area contributed by atoms with Gasteiger partial charge in [0.25, 0.3) is 0 Å². The summed E-state index contributed by atoms with van der Waals surface area (Å²) >= 11 is 13.4. The first-order valence-electron chi connectivity index (χ1n) is 10.8. The maximum absolute atomic E-state index is 6.37. The number of anilines is 2. The average Bonchev–Trinajstić information content (AvgIpc) is 3.45. The van der Waals surface area contributed by atoms with Crippen molar-refractivity contribution in [3.63, 3.8) is 0 Å². The predicted octanol–water partition coefficient (Wildman–Crippen LogP) is 6.72. The third-order valence-electron chi connectivity index (χ3n) is 5.67. The first-order valence-corrected chi connectivity index (χ1v) is 12.4. The van der Waals surface area contributed by atoms with Crippen LogP contribution < -0.4 is 15.1 Å². The van der Waals surface area contributed by atoms with E-state index >= 15 is 0 Å². The van der Waals surface area contributed by atoms with Gasteiger partial charge in [0.2, 0.25) is 0 Å². The Morgan fingerprint density at radius 3 is 2.44 bits per heavy atom. The van der Waals surface area contributed by atoms with E-state index in [2.05, 4.69) is 44.4 Å². The number of furan rings is 1. The highest BCUT2D eigenvalue weighted by Crippen LogP contribution is 2.43. The molecule has 0 radical (unpaired) electrons. The molecule has 172 valence electrons. The zero-order chi connectivity index (χ0) is 23.7. The van der Waals surface area contributed by atoms with E-state index in [9.17, 15) is 0 Å². The Hall–Kier alpha value is -3.00. The van der Waals surface area contributed by atoms with Crippen LogP contribution in [0.1, 0.15) is 23.5 Å². The number of hydrogen-bond donors (Lipinski definition) is 1. The van der Waals surface area contributed by atoms with Crippen molar-refractivity contribution in [1.82, 2.24) is 10.3 Å². The van der Waals surface area contributed by atoms with E-state index in [0.717, 1.165) is 32.8 Å². The summed E-state index contributed by atoms with van der Waals surface area (Å²) in [4.78, 5) is 9.85. The van der Waals surface area contributed by atoms with Crippen LogP contribution >= 0.6 is 35.6 Å². The van der Waals surface area contributed by atoms with Gasteiger partial charge < -0.3 is 19.5 Å². The molecule has 0 bridgehead atoms. The molecular formula is C26H23ClN4OS2. The summed E-state index contributed by atoms with van der Waals surface area (Å²) in [6.07, 6.45) is 1.80. The predicted molar refractivity (Wildman–Crippen MR) is 143 cm³/mol. The van der Waals surface area contributed by atoms with E-state index in [1.165, 1.54) is 0 Å². The summed E-state index contributed by atoms with van der Waals surface area (Å²) in [7, 11) is 4.05. The van der Waals surface area contributed by atoms with Crippen molar-refractivity contribution in [1.29, 1.82) is 0 Å². The molecule has 0 aliphatic carbocycles. The van der Waals surface area contributed by atoms with Crippen molar-refractivity contribution in [2.24, 2.45) is 0 Å². The Morgan fingerprint density at radius 1 is 1.00 bits per heavy atom. The minimum absolute atomic E-state index is 0.151. The van der Waals surface area contributed by atoms with Crippen molar-refractivity contribution in [3.05, 3.63) is 102 Å². The second-order valence-electron chi connectivity index (χ2n) is 8.12. The number of aromatic nitrogens is 1. The topological polar surface area (TPSA) is 44.5 Å². The molecule has 1 aliphatic heterocycles. The number of nitrogens with one attached hydrogen (secondary N) is 1. The maximum atomic E-state index is 6.37. The number of rotatable bonds is 6. The van der Waals surface area contributed by atoms with Gasteiger partial charge in [-0.25, -0.2) is 0 Å². The number of hydrogen-bond acceptors (Lipinski definition) is 5. The van der Waals surface area contributed by atoms with Gasteiger partial charge in [-0.05, 0) is 85.0 Å². The Balaban J connectivity index is 1.51.